The zero-order valence-corrected chi connectivity index (χ0v) is 20.5. The van der Waals surface area contributed by atoms with Crippen molar-refractivity contribution in [2.24, 2.45) is 4.99 Å². The van der Waals surface area contributed by atoms with Crippen LogP contribution in [0.3, 0.4) is 0 Å². The van der Waals surface area contributed by atoms with E-state index in [4.69, 9.17) is 26.2 Å². The second kappa shape index (κ2) is 10.2. The number of benzene rings is 2. The molecule has 2 aromatic carbocycles. The normalized spacial score (nSPS) is 13.8. The highest BCUT2D eigenvalue weighted by atomic mass is 79.9. The number of halogens is 1. The molecule has 0 bridgehead atoms. The van der Waals surface area contributed by atoms with Crippen LogP contribution in [0.4, 0.5) is 17.3 Å². The van der Waals surface area contributed by atoms with E-state index in [0.717, 1.165) is 0 Å². The molecule has 1 aliphatic heterocycles. The van der Waals surface area contributed by atoms with Crippen LogP contribution in [0.25, 0.3) is 0 Å². The van der Waals surface area contributed by atoms with E-state index in [1.54, 1.807) is 49.4 Å². The van der Waals surface area contributed by atoms with Crippen molar-refractivity contribution in [2.75, 3.05) is 23.4 Å². The quantitative estimate of drug-likeness (QED) is 0.208. The van der Waals surface area contributed by atoms with E-state index in [1.807, 2.05) is 12.3 Å². The Morgan fingerprint density at radius 1 is 1.19 bits per heavy atom. The number of anilines is 3. The van der Waals surface area contributed by atoms with E-state index in [-0.39, 0.29) is 28.8 Å². The number of aliphatic imine (C=N–C) groups is 1. The van der Waals surface area contributed by atoms with Crippen molar-refractivity contribution in [1.82, 2.24) is 10.3 Å². The summed E-state index contributed by atoms with van der Waals surface area (Å²) < 4.78 is 11.5. The van der Waals surface area contributed by atoms with E-state index >= 15 is 0 Å². The number of aromatic nitrogens is 1. The topological polar surface area (TPSA) is 184 Å². The minimum atomic E-state index is -0.704. The van der Waals surface area contributed by atoms with E-state index in [2.05, 4.69) is 36.5 Å². The molecule has 1 aromatic heterocycles. The summed E-state index contributed by atoms with van der Waals surface area (Å²) in [5, 5.41) is 23.9. The number of carbonyl (C=O) groups is 1. The van der Waals surface area contributed by atoms with Crippen molar-refractivity contribution < 1.29 is 14.3 Å². The summed E-state index contributed by atoms with van der Waals surface area (Å²) in [6, 6.07) is 13.1. The lowest BCUT2D eigenvalue weighted by molar-refractivity contribution is 0.0526. The lowest BCUT2D eigenvalue weighted by Crippen LogP contribution is -2.32. The van der Waals surface area contributed by atoms with Crippen molar-refractivity contribution in [2.45, 2.75) is 13.0 Å². The first-order chi connectivity index (χ1) is 17.4. The summed E-state index contributed by atoms with van der Waals surface area (Å²) in [6.07, 6.45) is 1.81. The highest BCUT2D eigenvalue weighted by molar-refractivity contribution is 9.10. The van der Waals surface area contributed by atoms with Crippen LogP contribution < -0.4 is 26.8 Å². The molecular weight excluding hydrogens is 528 g/mol. The molecule has 11 nitrogen and oxygen atoms in total. The van der Waals surface area contributed by atoms with Crippen LogP contribution in [0.1, 0.15) is 40.0 Å². The molecule has 0 saturated heterocycles. The number of rotatable bonds is 5. The molecule has 36 heavy (non-hydrogen) atoms. The zero-order valence-electron chi connectivity index (χ0n) is 18.9. The number of ether oxygens (including phenoxy) is 2. The first kappa shape index (κ1) is 24.3. The van der Waals surface area contributed by atoms with Gasteiger partial charge in [0.25, 0.3) is 0 Å². The second-order valence-corrected chi connectivity index (χ2v) is 8.29. The number of hydrogen-bond acceptors (Lipinski definition) is 11. The predicted molar refractivity (Wildman–Crippen MR) is 136 cm³/mol. The standard InChI is InChI=1S/C24H19BrN8O3/c1-2-35-23(34)12-3-5-13(6-4-12)36-14-7-8-15(17(25)9-14)20-18-19(28)16(10-26)21(29)32-22(18)33-24(31-20)30-11-27/h3-9,20H,2H2,1H3,(H6,28,29,30,31,32,33). The largest absolute Gasteiger partial charge is 0.462 e. The van der Waals surface area contributed by atoms with Gasteiger partial charge in [-0.15, -0.1) is 0 Å². The highest BCUT2D eigenvalue weighted by Crippen LogP contribution is 2.43. The summed E-state index contributed by atoms with van der Waals surface area (Å²) in [5.74, 6) is 1.05. The number of fused-ring (bicyclic) bond motifs is 1. The molecule has 12 heteroatoms. The van der Waals surface area contributed by atoms with Gasteiger partial charge in [0.2, 0.25) is 5.96 Å². The number of nitrogens with zero attached hydrogens (tertiary/aromatic N) is 4. The van der Waals surface area contributed by atoms with Crippen molar-refractivity contribution in [3.8, 4) is 23.8 Å². The first-order valence-electron chi connectivity index (χ1n) is 10.6. The maximum absolute atomic E-state index is 11.8. The van der Waals surface area contributed by atoms with Crippen molar-refractivity contribution in [3.05, 3.63) is 69.2 Å². The summed E-state index contributed by atoms with van der Waals surface area (Å²) in [5.41, 5.74) is 13.9. The van der Waals surface area contributed by atoms with Gasteiger partial charge in [0, 0.05) is 10.0 Å². The Morgan fingerprint density at radius 2 is 1.92 bits per heavy atom. The Morgan fingerprint density at radius 3 is 2.56 bits per heavy atom. The van der Waals surface area contributed by atoms with Crippen molar-refractivity contribution in [1.29, 1.82) is 10.5 Å². The Kier molecular flexibility index (Phi) is 6.90. The van der Waals surface area contributed by atoms with Crippen LogP contribution in [0.2, 0.25) is 0 Å². The van der Waals surface area contributed by atoms with E-state index in [1.165, 1.54) is 0 Å². The summed E-state index contributed by atoms with van der Waals surface area (Å²) in [4.78, 5) is 20.6. The molecule has 0 spiro atoms. The van der Waals surface area contributed by atoms with Gasteiger partial charge in [-0.25, -0.2) is 14.8 Å². The van der Waals surface area contributed by atoms with E-state index in [9.17, 15) is 10.1 Å². The van der Waals surface area contributed by atoms with E-state index < -0.39 is 12.0 Å². The Hall–Kier alpha value is -4.81. The summed E-state index contributed by atoms with van der Waals surface area (Å²) in [6.45, 7) is 2.04. The Labute approximate surface area is 214 Å². The fourth-order valence-electron chi connectivity index (χ4n) is 3.61. The number of pyridine rings is 1. The smallest absolute Gasteiger partial charge is 0.338 e. The molecule has 3 aromatic rings. The third-order valence-corrected chi connectivity index (χ3v) is 5.91. The zero-order chi connectivity index (χ0) is 25.8. The molecule has 0 amide bonds. The van der Waals surface area contributed by atoms with E-state index in [0.29, 0.717) is 39.3 Å². The lowest BCUT2D eigenvalue weighted by atomic mass is 9.95. The van der Waals surface area contributed by atoms with Gasteiger partial charge in [-0.05, 0) is 48.9 Å². The van der Waals surface area contributed by atoms with Gasteiger partial charge >= 0.3 is 5.97 Å². The second-order valence-electron chi connectivity index (χ2n) is 7.43. The first-order valence-corrected chi connectivity index (χ1v) is 11.4. The molecule has 0 fully saturated rings. The summed E-state index contributed by atoms with van der Waals surface area (Å²) in [7, 11) is 0. The molecule has 180 valence electrons. The van der Waals surface area contributed by atoms with Gasteiger partial charge in [-0.2, -0.15) is 10.5 Å². The Balaban J connectivity index is 1.67. The predicted octanol–water partition coefficient (Wildman–Crippen LogP) is 3.79. The summed E-state index contributed by atoms with van der Waals surface area (Å²) >= 11 is 3.56. The number of carbonyl (C=O) groups excluding carboxylic acids is 1. The van der Waals surface area contributed by atoms with Crippen LogP contribution in [-0.4, -0.2) is 23.5 Å². The fourth-order valence-corrected chi connectivity index (χ4v) is 4.18. The SMILES string of the molecule is CCOC(=O)c1ccc(Oc2ccc(C3N=C(NC#N)Nc4nc(N)c(C#N)c(N)c43)c(Br)c2)cc1. The molecule has 1 unspecified atom stereocenters. The van der Waals surface area contributed by atoms with Crippen LogP contribution in [0.5, 0.6) is 11.5 Å². The van der Waals surface area contributed by atoms with Gasteiger partial charge in [-0.3, -0.25) is 5.32 Å². The molecule has 4 rings (SSSR count). The number of hydrogen-bond donors (Lipinski definition) is 4. The maximum atomic E-state index is 11.8. The molecule has 1 aliphatic rings. The highest BCUT2D eigenvalue weighted by Gasteiger charge is 2.30. The molecular formula is C24H19BrN8O3. The van der Waals surface area contributed by atoms with Crippen LogP contribution >= 0.6 is 15.9 Å². The molecule has 2 heterocycles. The molecule has 1 atom stereocenters. The van der Waals surface area contributed by atoms with Gasteiger partial charge in [0.05, 0.1) is 17.9 Å². The van der Waals surface area contributed by atoms with Gasteiger partial charge in [-0.1, -0.05) is 22.0 Å². The molecule has 0 radical (unpaired) electrons. The number of nitriles is 2. The molecule has 0 aliphatic carbocycles. The van der Waals surface area contributed by atoms with Crippen LogP contribution in [0.15, 0.2) is 51.9 Å². The third kappa shape index (κ3) is 4.71. The van der Waals surface area contributed by atoms with Crippen LogP contribution in [-0.2, 0) is 4.74 Å². The number of guanidine groups is 1. The van der Waals surface area contributed by atoms with Gasteiger partial charge in [0.15, 0.2) is 6.19 Å². The number of esters is 1. The number of nitrogens with one attached hydrogen (secondary N) is 2. The average molecular weight is 547 g/mol. The molecule has 6 N–H and O–H groups in total. The number of nitrogens with two attached hydrogens (primary N) is 2. The average Bonchev–Trinajstić information content (AvgIpc) is 2.84. The number of nitrogen functional groups attached to an aromatic ring is 2. The molecule has 0 saturated carbocycles. The lowest BCUT2D eigenvalue weighted by Gasteiger charge is -2.26. The van der Waals surface area contributed by atoms with Gasteiger partial charge in [0.1, 0.15) is 40.8 Å². The minimum Gasteiger partial charge on any atom is -0.462 e. The van der Waals surface area contributed by atoms with Crippen molar-refractivity contribution in [3.63, 3.8) is 0 Å². The van der Waals surface area contributed by atoms with Gasteiger partial charge < -0.3 is 26.3 Å². The monoisotopic (exact) mass is 546 g/mol. The minimum absolute atomic E-state index is 0.0324. The van der Waals surface area contributed by atoms with Crippen molar-refractivity contribution >= 4 is 45.2 Å². The third-order valence-electron chi connectivity index (χ3n) is 5.23. The van der Waals surface area contributed by atoms with Crippen LogP contribution in [0, 0.1) is 22.8 Å². The maximum Gasteiger partial charge on any atom is 0.338 e. The fraction of sp³-hybridized carbons (Fsp3) is 0.125. The Bertz CT molecular complexity index is 1460.